The molecule has 156 valence electrons. The first kappa shape index (κ1) is 21.7. The molecule has 2 N–H and O–H groups in total. The third-order valence-electron chi connectivity index (χ3n) is 4.01. The Labute approximate surface area is 184 Å². The second-order valence-corrected chi connectivity index (χ2v) is 7.01. The Kier molecular flexibility index (Phi) is 6.73. The number of carbonyl (C=O) groups is 2. The molecule has 0 heterocycles. The first-order valence-corrected chi connectivity index (χ1v) is 9.52. The molecule has 10 heteroatoms. The van der Waals surface area contributed by atoms with Gasteiger partial charge >= 0.3 is 5.97 Å². The van der Waals surface area contributed by atoms with Crippen LogP contribution in [0.25, 0.3) is 0 Å². The summed E-state index contributed by atoms with van der Waals surface area (Å²) in [5.74, 6) is -1.36. The fourth-order valence-corrected chi connectivity index (χ4v) is 2.83. The van der Waals surface area contributed by atoms with Gasteiger partial charge in [-0.15, -0.1) is 0 Å². The highest BCUT2D eigenvalue weighted by molar-refractivity contribution is 9.10. The van der Waals surface area contributed by atoms with Gasteiger partial charge in [-0.3, -0.25) is 14.9 Å². The van der Waals surface area contributed by atoms with Crippen LogP contribution in [0.3, 0.4) is 0 Å². The Balaban J connectivity index is 1.71. The summed E-state index contributed by atoms with van der Waals surface area (Å²) in [7, 11) is 0. The molecule has 0 aliphatic rings. The van der Waals surface area contributed by atoms with E-state index in [-0.39, 0.29) is 28.3 Å². The second kappa shape index (κ2) is 9.63. The van der Waals surface area contributed by atoms with Crippen molar-refractivity contribution in [1.82, 2.24) is 5.43 Å². The minimum atomic E-state index is -0.709. The molecule has 0 bridgehead atoms. The monoisotopic (exact) mass is 483 g/mol. The number of non-ortho nitro benzene ring substituents is 1. The lowest BCUT2D eigenvalue weighted by molar-refractivity contribution is -0.384. The highest BCUT2D eigenvalue weighted by atomic mass is 79.9. The number of ether oxygens (including phenoxy) is 1. The van der Waals surface area contributed by atoms with Crippen LogP contribution in [0.4, 0.5) is 5.69 Å². The molecular weight excluding hydrogens is 470 g/mol. The quantitative estimate of drug-likeness (QED) is 0.179. The van der Waals surface area contributed by atoms with Crippen molar-refractivity contribution in [3.8, 4) is 11.5 Å². The van der Waals surface area contributed by atoms with E-state index >= 15 is 0 Å². The third kappa shape index (κ3) is 5.52. The normalized spacial score (nSPS) is 10.6. The largest absolute Gasteiger partial charge is 0.507 e. The third-order valence-corrected chi connectivity index (χ3v) is 4.50. The minimum Gasteiger partial charge on any atom is -0.507 e. The van der Waals surface area contributed by atoms with Crippen molar-refractivity contribution in [1.29, 1.82) is 0 Å². The van der Waals surface area contributed by atoms with E-state index < -0.39 is 16.8 Å². The predicted molar refractivity (Wildman–Crippen MR) is 115 cm³/mol. The van der Waals surface area contributed by atoms with E-state index in [1.165, 1.54) is 48.7 Å². The van der Waals surface area contributed by atoms with Gasteiger partial charge in [0.15, 0.2) is 0 Å². The molecule has 0 aliphatic carbocycles. The van der Waals surface area contributed by atoms with Gasteiger partial charge in [0.05, 0.1) is 22.3 Å². The highest BCUT2D eigenvalue weighted by Crippen LogP contribution is 2.22. The lowest BCUT2D eigenvalue weighted by Gasteiger charge is -2.07. The maximum absolute atomic E-state index is 12.3. The Morgan fingerprint density at radius 1 is 1.10 bits per heavy atom. The Hall–Kier alpha value is -4.05. The molecule has 0 atom stereocenters. The fourth-order valence-electron chi connectivity index (χ4n) is 2.47. The molecular formula is C21H14BrN3O6. The minimum absolute atomic E-state index is 0.0319. The number of esters is 1. The van der Waals surface area contributed by atoms with Crippen molar-refractivity contribution in [3.63, 3.8) is 0 Å². The van der Waals surface area contributed by atoms with E-state index in [4.69, 9.17) is 4.74 Å². The summed E-state index contributed by atoms with van der Waals surface area (Å²) in [6.07, 6.45) is 1.28. The van der Waals surface area contributed by atoms with Crippen LogP contribution in [0.1, 0.15) is 26.3 Å². The van der Waals surface area contributed by atoms with Gasteiger partial charge in [0.25, 0.3) is 11.6 Å². The van der Waals surface area contributed by atoms with Gasteiger partial charge in [-0.05, 0) is 42.5 Å². The Morgan fingerprint density at radius 3 is 2.52 bits per heavy atom. The molecule has 31 heavy (non-hydrogen) atoms. The number of nitrogens with zero attached hydrogens (tertiary/aromatic N) is 2. The number of aromatic hydroxyl groups is 1. The highest BCUT2D eigenvalue weighted by Gasteiger charge is 2.14. The molecule has 0 aromatic heterocycles. The van der Waals surface area contributed by atoms with E-state index in [9.17, 15) is 24.8 Å². The summed E-state index contributed by atoms with van der Waals surface area (Å²) in [6.45, 7) is 0. The summed E-state index contributed by atoms with van der Waals surface area (Å²) in [4.78, 5) is 34.7. The van der Waals surface area contributed by atoms with Crippen LogP contribution in [0.2, 0.25) is 0 Å². The molecule has 0 spiro atoms. The molecule has 3 rings (SSSR count). The zero-order valence-corrected chi connectivity index (χ0v) is 17.3. The SMILES string of the molecule is O=C(Oc1ccccc1C=NNC(=O)c1cc(Br)ccc1O)c1ccc([N+](=O)[O-])cc1. The van der Waals surface area contributed by atoms with Gasteiger partial charge in [-0.2, -0.15) is 5.10 Å². The zero-order valence-electron chi connectivity index (χ0n) is 15.7. The molecule has 3 aromatic rings. The van der Waals surface area contributed by atoms with Crippen molar-refractivity contribution in [2.45, 2.75) is 0 Å². The molecule has 3 aromatic carbocycles. The topological polar surface area (TPSA) is 131 Å². The number of benzene rings is 3. The lowest BCUT2D eigenvalue weighted by atomic mass is 10.2. The van der Waals surface area contributed by atoms with Gasteiger partial charge < -0.3 is 9.84 Å². The zero-order chi connectivity index (χ0) is 22.4. The molecule has 0 saturated heterocycles. The van der Waals surface area contributed by atoms with Gasteiger partial charge in [0.1, 0.15) is 11.5 Å². The number of para-hydroxylation sites is 1. The number of halogens is 1. The van der Waals surface area contributed by atoms with E-state index in [0.29, 0.717) is 10.0 Å². The maximum Gasteiger partial charge on any atom is 0.343 e. The standard InChI is InChI=1S/C21H14BrN3O6/c22-15-7-10-18(26)17(11-15)20(27)24-23-12-14-3-1-2-4-19(14)31-21(28)13-5-8-16(9-6-13)25(29)30/h1-12,26H,(H,24,27). The van der Waals surface area contributed by atoms with Crippen molar-refractivity contribution in [2.75, 3.05) is 0 Å². The van der Waals surface area contributed by atoms with Crippen LogP contribution in [0.5, 0.6) is 11.5 Å². The summed E-state index contributed by atoms with van der Waals surface area (Å²) < 4.78 is 5.96. The van der Waals surface area contributed by atoms with Gasteiger partial charge in [0, 0.05) is 22.2 Å². The summed E-state index contributed by atoms with van der Waals surface area (Å²) >= 11 is 3.22. The van der Waals surface area contributed by atoms with E-state index in [0.717, 1.165) is 0 Å². The number of hydrazone groups is 1. The number of hydrogen-bond acceptors (Lipinski definition) is 7. The van der Waals surface area contributed by atoms with E-state index in [1.807, 2.05) is 0 Å². The van der Waals surface area contributed by atoms with E-state index in [1.54, 1.807) is 24.3 Å². The summed E-state index contributed by atoms with van der Waals surface area (Å²) in [6, 6.07) is 15.9. The maximum atomic E-state index is 12.3. The smallest absolute Gasteiger partial charge is 0.343 e. The van der Waals surface area contributed by atoms with Crippen LogP contribution in [-0.4, -0.2) is 28.1 Å². The molecule has 0 radical (unpaired) electrons. The number of amides is 1. The number of phenols is 1. The summed E-state index contributed by atoms with van der Waals surface area (Å²) in [5.41, 5.74) is 2.71. The lowest BCUT2D eigenvalue weighted by Crippen LogP contribution is -2.18. The van der Waals surface area contributed by atoms with Gasteiger partial charge in [-0.25, -0.2) is 10.2 Å². The van der Waals surface area contributed by atoms with Crippen molar-refractivity contribution < 1.29 is 24.4 Å². The van der Waals surface area contributed by atoms with Gasteiger partial charge in [0.2, 0.25) is 0 Å². The number of nitro groups is 1. The Bertz CT molecular complexity index is 1180. The fraction of sp³-hybridized carbons (Fsp3) is 0. The van der Waals surface area contributed by atoms with Crippen molar-refractivity contribution in [3.05, 3.63) is 98.0 Å². The predicted octanol–water partition coefficient (Wildman–Crippen LogP) is 4.05. The molecule has 9 nitrogen and oxygen atoms in total. The number of phenolic OH excluding ortho intramolecular Hbond substituents is 1. The van der Waals surface area contributed by atoms with E-state index in [2.05, 4.69) is 26.5 Å². The molecule has 0 unspecified atom stereocenters. The van der Waals surface area contributed by atoms with Crippen LogP contribution < -0.4 is 10.2 Å². The molecule has 0 fully saturated rings. The first-order chi connectivity index (χ1) is 14.8. The number of hydrogen-bond donors (Lipinski definition) is 2. The van der Waals surface area contributed by atoms with Crippen LogP contribution in [0.15, 0.2) is 76.3 Å². The van der Waals surface area contributed by atoms with Crippen LogP contribution in [-0.2, 0) is 0 Å². The van der Waals surface area contributed by atoms with Gasteiger partial charge in [-0.1, -0.05) is 28.1 Å². The molecule has 0 saturated carbocycles. The average molecular weight is 484 g/mol. The molecule has 1 amide bonds. The van der Waals surface area contributed by atoms with Crippen LogP contribution in [0, 0.1) is 10.1 Å². The average Bonchev–Trinajstić information content (AvgIpc) is 2.76. The number of carbonyl (C=O) groups excluding carboxylic acids is 2. The first-order valence-electron chi connectivity index (χ1n) is 8.73. The van der Waals surface area contributed by atoms with Crippen molar-refractivity contribution in [2.24, 2.45) is 5.10 Å². The van der Waals surface area contributed by atoms with Crippen molar-refractivity contribution >= 4 is 39.7 Å². The number of nitrogens with one attached hydrogen (secondary N) is 1. The second-order valence-electron chi connectivity index (χ2n) is 6.09. The summed E-state index contributed by atoms with van der Waals surface area (Å²) in [5, 5.41) is 24.4. The Morgan fingerprint density at radius 2 is 1.81 bits per heavy atom. The number of rotatable bonds is 6. The molecule has 0 aliphatic heterocycles. The number of nitro benzene ring substituents is 1. The van der Waals surface area contributed by atoms with Crippen LogP contribution >= 0.6 is 15.9 Å².